The molecular weight excluding hydrogens is 422 g/mol. The molecule has 0 aliphatic carbocycles. The highest BCUT2D eigenvalue weighted by Gasteiger charge is 2.31. The lowest BCUT2D eigenvalue weighted by Gasteiger charge is -2.30. The van der Waals surface area contributed by atoms with Gasteiger partial charge in [0.25, 0.3) is 0 Å². The van der Waals surface area contributed by atoms with E-state index < -0.39 is 16.1 Å². The fourth-order valence-electron chi connectivity index (χ4n) is 3.39. The molecule has 0 bridgehead atoms. The van der Waals surface area contributed by atoms with E-state index in [1.54, 1.807) is 31.2 Å². The van der Waals surface area contributed by atoms with Crippen molar-refractivity contribution in [1.29, 1.82) is 0 Å². The second-order valence-electron chi connectivity index (χ2n) is 7.02. The van der Waals surface area contributed by atoms with Crippen LogP contribution in [0.5, 0.6) is 0 Å². The Hall–Kier alpha value is -2.25. The molecule has 164 valence electrons. The van der Waals surface area contributed by atoms with Crippen LogP contribution in [-0.4, -0.2) is 39.7 Å². The molecule has 1 amide bonds. The van der Waals surface area contributed by atoms with E-state index in [4.69, 9.17) is 11.6 Å². The lowest BCUT2D eigenvalue weighted by atomic mass is 10.1. The summed E-state index contributed by atoms with van der Waals surface area (Å²) in [5, 5.41) is 3.28. The minimum absolute atomic E-state index is 0.320. The summed E-state index contributed by atoms with van der Waals surface area (Å²) in [6.45, 7) is 8.17. The zero-order valence-corrected chi connectivity index (χ0v) is 19.5. The van der Waals surface area contributed by atoms with E-state index in [1.807, 2.05) is 24.3 Å². The van der Waals surface area contributed by atoms with Gasteiger partial charge in [-0.25, -0.2) is 8.42 Å². The lowest BCUT2D eigenvalue weighted by molar-refractivity contribution is -0.122. The van der Waals surface area contributed by atoms with Gasteiger partial charge in [-0.2, -0.15) is 0 Å². The van der Waals surface area contributed by atoms with E-state index in [9.17, 15) is 13.2 Å². The molecule has 2 rings (SSSR count). The second kappa shape index (κ2) is 10.7. The molecule has 0 aromatic heterocycles. The zero-order chi connectivity index (χ0) is 22.3. The molecule has 8 heteroatoms. The smallest absolute Gasteiger partial charge is 0.244 e. The van der Waals surface area contributed by atoms with E-state index in [-0.39, 0.29) is 5.91 Å². The van der Waals surface area contributed by atoms with Crippen molar-refractivity contribution >= 4 is 38.9 Å². The largest absolute Gasteiger partial charge is 0.372 e. The summed E-state index contributed by atoms with van der Waals surface area (Å²) in [7, 11) is -3.69. The van der Waals surface area contributed by atoms with Gasteiger partial charge < -0.3 is 10.2 Å². The van der Waals surface area contributed by atoms with Gasteiger partial charge in [-0.15, -0.1) is 0 Å². The van der Waals surface area contributed by atoms with Crippen LogP contribution in [0, 0.1) is 0 Å². The number of carbonyl (C=O) groups is 1. The summed E-state index contributed by atoms with van der Waals surface area (Å²) in [5.74, 6) is -0.351. The topological polar surface area (TPSA) is 69.7 Å². The molecule has 6 nitrogen and oxygen atoms in total. The summed E-state index contributed by atoms with van der Waals surface area (Å²) in [6.07, 6.45) is 1.42. The molecule has 1 atom stereocenters. The van der Waals surface area contributed by atoms with Gasteiger partial charge in [-0.1, -0.05) is 36.7 Å². The quantitative estimate of drug-likeness (QED) is 0.591. The molecule has 2 aromatic carbocycles. The Bertz CT molecular complexity index is 944. The third kappa shape index (κ3) is 6.12. The first-order chi connectivity index (χ1) is 14.2. The van der Waals surface area contributed by atoms with Crippen LogP contribution < -0.4 is 14.5 Å². The molecule has 2 aromatic rings. The van der Waals surface area contributed by atoms with Gasteiger partial charge in [0.15, 0.2) is 0 Å². The maximum Gasteiger partial charge on any atom is 0.244 e. The minimum Gasteiger partial charge on any atom is -0.372 e. The SMILES string of the molecule is CC[C@H](C(=O)NCc1ccc(N(CC)CC)cc1)N(c1cccc(Cl)c1)S(C)(=O)=O. The van der Waals surface area contributed by atoms with Gasteiger partial charge in [0.1, 0.15) is 6.04 Å². The van der Waals surface area contributed by atoms with E-state index in [0.29, 0.717) is 23.7 Å². The average Bonchev–Trinajstić information content (AvgIpc) is 2.71. The van der Waals surface area contributed by atoms with Gasteiger partial charge >= 0.3 is 0 Å². The second-order valence-corrected chi connectivity index (χ2v) is 9.32. The first-order valence-electron chi connectivity index (χ1n) is 10.1. The molecule has 0 unspecified atom stereocenters. The molecule has 0 saturated heterocycles. The Kier molecular flexibility index (Phi) is 8.55. The molecule has 1 N–H and O–H groups in total. The molecule has 0 radical (unpaired) electrons. The molecular formula is C22H30ClN3O3S. The fraction of sp³-hybridized carbons (Fsp3) is 0.409. The van der Waals surface area contributed by atoms with Crippen LogP contribution >= 0.6 is 11.6 Å². The van der Waals surface area contributed by atoms with E-state index in [2.05, 4.69) is 24.1 Å². The number of hydrogen-bond donors (Lipinski definition) is 1. The van der Waals surface area contributed by atoms with Crippen LogP contribution in [0.3, 0.4) is 0 Å². The molecule has 0 spiro atoms. The highest BCUT2D eigenvalue weighted by molar-refractivity contribution is 7.92. The van der Waals surface area contributed by atoms with Gasteiger partial charge in [0, 0.05) is 30.3 Å². The number of anilines is 2. The van der Waals surface area contributed by atoms with Crippen molar-refractivity contribution in [3.8, 4) is 0 Å². The number of nitrogens with one attached hydrogen (secondary N) is 1. The third-order valence-corrected chi connectivity index (χ3v) is 6.34. The van der Waals surface area contributed by atoms with E-state index >= 15 is 0 Å². The van der Waals surface area contributed by atoms with Gasteiger partial charge in [0.05, 0.1) is 11.9 Å². The third-order valence-electron chi connectivity index (χ3n) is 4.92. The number of rotatable bonds is 10. The van der Waals surface area contributed by atoms with Crippen LogP contribution in [-0.2, 0) is 21.4 Å². The predicted octanol–water partition coefficient (Wildman–Crippen LogP) is 4.05. The molecule has 0 aliphatic rings. The van der Waals surface area contributed by atoms with Crippen LogP contribution in [0.2, 0.25) is 5.02 Å². The van der Waals surface area contributed by atoms with Crippen LogP contribution in [0.25, 0.3) is 0 Å². The van der Waals surface area contributed by atoms with Crippen molar-refractivity contribution in [2.45, 2.75) is 39.8 Å². The number of sulfonamides is 1. The van der Waals surface area contributed by atoms with Gasteiger partial charge in [-0.05, 0) is 56.2 Å². The zero-order valence-electron chi connectivity index (χ0n) is 17.9. The molecule has 30 heavy (non-hydrogen) atoms. The Morgan fingerprint density at radius 1 is 1.03 bits per heavy atom. The van der Waals surface area contributed by atoms with E-state index in [0.717, 1.165) is 34.9 Å². The average molecular weight is 452 g/mol. The highest BCUT2D eigenvalue weighted by atomic mass is 35.5. The number of carbonyl (C=O) groups excluding carboxylic acids is 1. The predicted molar refractivity (Wildman–Crippen MR) is 125 cm³/mol. The molecule has 0 fully saturated rings. The first-order valence-corrected chi connectivity index (χ1v) is 12.3. The standard InChI is InChI=1S/C22H30ClN3O3S/c1-5-21(26(30(4,28)29)20-10-8-9-18(23)15-20)22(27)24-16-17-11-13-19(14-12-17)25(6-2)7-3/h8-15,21H,5-7,16H2,1-4H3,(H,24,27)/t21-/m1/s1. The Labute approximate surface area is 184 Å². The number of amides is 1. The van der Waals surface area contributed by atoms with Crippen molar-refractivity contribution in [3.63, 3.8) is 0 Å². The fourth-order valence-corrected chi connectivity index (χ4v) is 4.78. The monoisotopic (exact) mass is 451 g/mol. The summed E-state index contributed by atoms with van der Waals surface area (Å²) in [4.78, 5) is 15.1. The van der Waals surface area contributed by atoms with Crippen LogP contribution in [0.4, 0.5) is 11.4 Å². The van der Waals surface area contributed by atoms with Crippen molar-refractivity contribution in [3.05, 3.63) is 59.1 Å². The van der Waals surface area contributed by atoms with Gasteiger partial charge in [-0.3, -0.25) is 9.10 Å². The number of halogens is 1. The van der Waals surface area contributed by atoms with Crippen LogP contribution in [0.1, 0.15) is 32.8 Å². The molecule has 0 aliphatic heterocycles. The van der Waals surface area contributed by atoms with Gasteiger partial charge in [0.2, 0.25) is 15.9 Å². The lowest BCUT2D eigenvalue weighted by Crippen LogP contribution is -2.49. The summed E-state index contributed by atoms with van der Waals surface area (Å²) < 4.78 is 26.1. The van der Waals surface area contributed by atoms with Crippen molar-refractivity contribution < 1.29 is 13.2 Å². The summed E-state index contributed by atoms with van der Waals surface area (Å²) in [6, 6.07) is 13.6. The Morgan fingerprint density at radius 2 is 1.67 bits per heavy atom. The first kappa shape index (κ1) is 24.0. The Morgan fingerprint density at radius 3 is 2.17 bits per heavy atom. The molecule has 0 heterocycles. The molecule has 0 saturated carbocycles. The van der Waals surface area contributed by atoms with Crippen LogP contribution in [0.15, 0.2) is 48.5 Å². The van der Waals surface area contributed by atoms with Crippen molar-refractivity contribution in [2.24, 2.45) is 0 Å². The Balaban J connectivity index is 2.16. The number of hydrogen-bond acceptors (Lipinski definition) is 4. The van der Waals surface area contributed by atoms with E-state index in [1.165, 1.54) is 0 Å². The maximum atomic E-state index is 12.9. The normalized spacial score (nSPS) is 12.3. The maximum absolute atomic E-state index is 12.9. The number of benzene rings is 2. The summed E-state index contributed by atoms with van der Waals surface area (Å²) >= 11 is 6.04. The minimum atomic E-state index is -3.69. The number of nitrogens with zero attached hydrogens (tertiary/aromatic N) is 2. The summed E-state index contributed by atoms with van der Waals surface area (Å²) in [5.41, 5.74) is 2.45. The highest BCUT2D eigenvalue weighted by Crippen LogP contribution is 2.25. The van der Waals surface area contributed by atoms with Crippen molar-refractivity contribution in [1.82, 2.24) is 5.32 Å². The van der Waals surface area contributed by atoms with Crippen molar-refractivity contribution in [2.75, 3.05) is 28.6 Å².